The Kier molecular flexibility index (Phi) is 5.18. The van der Waals surface area contributed by atoms with Crippen molar-refractivity contribution in [1.82, 2.24) is 14.8 Å². The van der Waals surface area contributed by atoms with Crippen molar-refractivity contribution in [2.24, 2.45) is 0 Å². The fourth-order valence-electron chi connectivity index (χ4n) is 3.23. The minimum absolute atomic E-state index is 0.251. The van der Waals surface area contributed by atoms with Gasteiger partial charge >= 0.3 is 0 Å². The Labute approximate surface area is 144 Å². The van der Waals surface area contributed by atoms with Crippen molar-refractivity contribution < 1.29 is 8.42 Å². The van der Waals surface area contributed by atoms with Gasteiger partial charge in [-0.1, -0.05) is 18.2 Å². The molecule has 130 valence electrons. The van der Waals surface area contributed by atoms with Crippen LogP contribution >= 0.6 is 0 Å². The summed E-state index contributed by atoms with van der Waals surface area (Å²) in [5.41, 5.74) is 3.43. The molecule has 0 saturated carbocycles. The number of hydrogen-bond acceptors (Lipinski definition) is 5. The van der Waals surface area contributed by atoms with Crippen molar-refractivity contribution in [2.75, 3.05) is 44.7 Å². The molecule has 2 aromatic rings. The van der Waals surface area contributed by atoms with E-state index in [0.717, 1.165) is 43.9 Å². The average Bonchev–Trinajstić information content (AvgIpc) is 2.53. The summed E-state index contributed by atoms with van der Waals surface area (Å²) in [6.45, 7) is 7.40. The third-order valence-electron chi connectivity index (χ3n) is 4.57. The van der Waals surface area contributed by atoms with Gasteiger partial charge in [0.15, 0.2) is 0 Å². The quantitative estimate of drug-likeness (QED) is 0.824. The molecular weight excluding hydrogens is 322 g/mol. The Morgan fingerprint density at radius 3 is 2.46 bits per heavy atom. The SMILES string of the molecule is Cc1cc(CN2CCN(CCS(C)(=O)=O)CC2)c2ccccc2n1. The Bertz CT molecular complexity index is 812. The molecule has 0 bridgehead atoms. The van der Waals surface area contributed by atoms with Crippen LogP contribution in [0.25, 0.3) is 10.9 Å². The number of rotatable bonds is 5. The van der Waals surface area contributed by atoms with Crippen LogP contribution in [0.4, 0.5) is 0 Å². The Morgan fingerprint density at radius 2 is 1.75 bits per heavy atom. The summed E-state index contributed by atoms with van der Waals surface area (Å²) >= 11 is 0. The number of para-hydroxylation sites is 1. The van der Waals surface area contributed by atoms with Crippen molar-refractivity contribution >= 4 is 20.7 Å². The molecule has 1 aromatic carbocycles. The first-order valence-corrected chi connectivity index (χ1v) is 10.4. The van der Waals surface area contributed by atoms with Crippen LogP contribution in [0.2, 0.25) is 0 Å². The van der Waals surface area contributed by atoms with Gasteiger partial charge in [0.25, 0.3) is 0 Å². The van der Waals surface area contributed by atoms with E-state index in [2.05, 4.69) is 39.0 Å². The molecule has 5 nitrogen and oxygen atoms in total. The van der Waals surface area contributed by atoms with Gasteiger partial charge in [-0.05, 0) is 24.6 Å². The topological polar surface area (TPSA) is 53.5 Å². The summed E-state index contributed by atoms with van der Waals surface area (Å²) in [4.78, 5) is 9.29. The van der Waals surface area contributed by atoms with Gasteiger partial charge in [0.1, 0.15) is 9.84 Å². The first kappa shape index (κ1) is 17.3. The molecule has 1 aromatic heterocycles. The first-order valence-electron chi connectivity index (χ1n) is 8.38. The van der Waals surface area contributed by atoms with Gasteiger partial charge in [-0.15, -0.1) is 0 Å². The summed E-state index contributed by atoms with van der Waals surface area (Å²) in [6, 6.07) is 10.5. The highest BCUT2D eigenvalue weighted by Gasteiger charge is 2.18. The van der Waals surface area contributed by atoms with Crippen molar-refractivity contribution in [2.45, 2.75) is 13.5 Å². The van der Waals surface area contributed by atoms with Gasteiger partial charge in [0.2, 0.25) is 0 Å². The van der Waals surface area contributed by atoms with Crippen molar-refractivity contribution in [3.63, 3.8) is 0 Å². The maximum atomic E-state index is 11.3. The molecule has 1 aliphatic heterocycles. The van der Waals surface area contributed by atoms with Gasteiger partial charge in [0, 0.05) is 56.6 Å². The van der Waals surface area contributed by atoms with E-state index >= 15 is 0 Å². The van der Waals surface area contributed by atoms with E-state index in [-0.39, 0.29) is 5.75 Å². The zero-order valence-electron chi connectivity index (χ0n) is 14.4. The fraction of sp³-hybridized carbons (Fsp3) is 0.500. The highest BCUT2D eigenvalue weighted by molar-refractivity contribution is 7.90. The van der Waals surface area contributed by atoms with Crippen LogP contribution in [0.3, 0.4) is 0 Å². The van der Waals surface area contributed by atoms with E-state index in [1.165, 1.54) is 17.2 Å². The predicted octanol–water partition coefficient (Wildman–Crippen LogP) is 1.71. The molecule has 0 radical (unpaired) electrons. The first-order chi connectivity index (χ1) is 11.4. The van der Waals surface area contributed by atoms with Crippen LogP contribution in [0.1, 0.15) is 11.3 Å². The summed E-state index contributed by atoms with van der Waals surface area (Å²) < 4.78 is 22.6. The average molecular weight is 347 g/mol. The van der Waals surface area contributed by atoms with E-state index in [1.807, 2.05) is 13.0 Å². The van der Waals surface area contributed by atoms with Crippen molar-refractivity contribution in [3.05, 3.63) is 41.6 Å². The molecule has 6 heteroatoms. The second-order valence-corrected chi connectivity index (χ2v) is 8.95. The van der Waals surface area contributed by atoms with Gasteiger partial charge in [-0.2, -0.15) is 0 Å². The van der Waals surface area contributed by atoms with Gasteiger partial charge in [0.05, 0.1) is 11.3 Å². The molecule has 0 aliphatic carbocycles. The molecule has 1 aliphatic rings. The monoisotopic (exact) mass is 347 g/mol. The minimum atomic E-state index is -2.88. The molecule has 0 atom stereocenters. The second-order valence-electron chi connectivity index (χ2n) is 6.69. The number of aromatic nitrogens is 1. The number of aryl methyl sites for hydroxylation is 1. The molecule has 1 saturated heterocycles. The van der Waals surface area contributed by atoms with E-state index in [9.17, 15) is 8.42 Å². The number of sulfone groups is 1. The lowest BCUT2D eigenvalue weighted by atomic mass is 10.1. The van der Waals surface area contributed by atoms with Gasteiger partial charge < -0.3 is 0 Å². The maximum Gasteiger partial charge on any atom is 0.148 e. The molecule has 0 amide bonds. The lowest BCUT2D eigenvalue weighted by Gasteiger charge is -2.34. The third kappa shape index (κ3) is 4.53. The zero-order valence-corrected chi connectivity index (χ0v) is 15.2. The summed E-state index contributed by atoms with van der Waals surface area (Å²) in [5, 5.41) is 1.22. The van der Waals surface area contributed by atoms with Gasteiger partial charge in [-0.25, -0.2) is 8.42 Å². The van der Waals surface area contributed by atoms with Crippen LogP contribution < -0.4 is 0 Å². The Balaban J connectivity index is 1.62. The van der Waals surface area contributed by atoms with E-state index in [0.29, 0.717) is 6.54 Å². The molecule has 0 N–H and O–H groups in total. The van der Waals surface area contributed by atoms with E-state index < -0.39 is 9.84 Å². The summed E-state index contributed by atoms with van der Waals surface area (Å²) in [5.74, 6) is 0.251. The van der Waals surface area contributed by atoms with Crippen LogP contribution in [0.15, 0.2) is 30.3 Å². The van der Waals surface area contributed by atoms with E-state index in [1.54, 1.807) is 0 Å². The number of nitrogens with zero attached hydrogens (tertiary/aromatic N) is 3. The third-order valence-corrected chi connectivity index (χ3v) is 5.49. The lowest BCUT2D eigenvalue weighted by Crippen LogP contribution is -2.47. The molecule has 1 fully saturated rings. The van der Waals surface area contributed by atoms with Crippen LogP contribution in [-0.2, 0) is 16.4 Å². The van der Waals surface area contributed by atoms with Crippen LogP contribution in [0.5, 0.6) is 0 Å². The molecule has 0 spiro atoms. The minimum Gasteiger partial charge on any atom is -0.300 e. The normalized spacial score (nSPS) is 17.4. The number of fused-ring (bicyclic) bond motifs is 1. The smallest absolute Gasteiger partial charge is 0.148 e. The standard InChI is InChI=1S/C18H25N3O2S/c1-15-13-16(17-5-3-4-6-18(17)19-15)14-21-9-7-20(8-10-21)11-12-24(2,22)23/h3-6,13H,7-12,14H2,1-2H3. The molecule has 0 unspecified atom stereocenters. The Morgan fingerprint density at radius 1 is 1.08 bits per heavy atom. The van der Waals surface area contributed by atoms with Crippen molar-refractivity contribution in [1.29, 1.82) is 0 Å². The summed E-state index contributed by atoms with van der Waals surface area (Å²) in [7, 11) is -2.88. The molecule has 24 heavy (non-hydrogen) atoms. The highest BCUT2D eigenvalue weighted by atomic mass is 32.2. The fourth-order valence-corrected chi connectivity index (χ4v) is 3.82. The highest BCUT2D eigenvalue weighted by Crippen LogP contribution is 2.20. The van der Waals surface area contributed by atoms with Crippen molar-refractivity contribution in [3.8, 4) is 0 Å². The molecule has 3 rings (SSSR count). The van der Waals surface area contributed by atoms with Crippen LogP contribution in [-0.4, -0.2) is 67.9 Å². The number of hydrogen-bond donors (Lipinski definition) is 0. The molecular formula is C18H25N3O2S. The maximum absolute atomic E-state index is 11.3. The van der Waals surface area contributed by atoms with E-state index in [4.69, 9.17) is 0 Å². The van der Waals surface area contributed by atoms with Crippen LogP contribution in [0, 0.1) is 6.92 Å². The summed E-state index contributed by atoms with van der Waals surface area (Å²) in [6.07, 6.45) is 1.31. The second kappa shape index (κ2) is 7.17. The predicted molar refractivity (Wildman–Crippen MR) is 97.9 cm³/mol. The zero-order chi connectivity index (χ0) is 17.2. The number of benzene rings is 1. The lowest BCUT2D eigenvalue weighted by molar-refractivity contribution is 0.133. The number of pyridine rings is 1. The molecule has 2 heterocycles. The number of piperazine rings is 1. The van der Waals surface area contributed by atoms with Gasteiger partial charge in [-0.3, -0.25) is 14.8 Å². The Hall–Kier alpha value is -1.50. The largest absolute Gasteiger partial charge is 0.300 e.